The van der Waals surface area contributed by atoms with E-state index >= 15 is 0 Å². The lowest BCUT2D eigenvalue weighted by atomic mass is 10.3. The maximum Gasteiger partial charge on any atom is 0.0791 e. The minimum Gasteiger partial charge on any atom is -0.390 e. The summed E-state index contributed by atoms with van der Waals surface area (Å²) in [7, 11) is 3.91. The highest BCUT2D eigenvalue weighted by molar-refractivity contribution is 14.1. The van der Waals surface area contributed by atoms with Crippen LogP contribution in [0.4, 0.5) is 0 Å². The molecule has 0 aromatic rings. The first kappa shape index (κ1) is 11.6. The molecule has 0 spiro atoms. The van der Waals surface area contributed by atoms with Crippen molar-refractivity contribution >= 4 is 22.6 Å². The molecule has 0 heterocycles. The van der Waals surface area contributed by atoms with Crippen LogP contribution in [0.5, 0.6) is 0 Å². The number of nitrogens with zero attached hydrogens (tertiary/aromatic N) is 1. The Bertz CT molecular complexity index is 98.4. The van der Waals surface area contributed by atoms with Crippen molar-refractivity contribution in [2.45, 2.75) is 17.1 Å². The third-order valence-corrected chi connectivity index (χ3v) is 1.65. The van der Waals surface area contributed by atoms with Gasteiger partial charge in [0.05, 0.1) is 10.2 Å². The number of likely N-dealkylation sites (N-methyl/N-ethyl adjacent to an activating group) is 1. The zero-order valence-electron chi connectivity index (χ0n) is 7.34. The number of aliphatic hydroxyl groups excluding tert-OH is 1. The molecule has 2 unspecified atom stereocenters. The molecule has 0 fully saturated rings. The molecule has 4 heteroatoms. The van der Waals surface area contributed by atoms with E-state index in [1.54, 1.807) is 0 Å². The number of hydrogen-bond donors (Lipinski definition) is 2. The summed E-state index contributed by atoms with van der Waals surface area (Å²) in [6, 6.07) is 0. The first-order valence-corrected chi connectivity index (χ1v) is 4.97. The topological polar surface area (TPSA) is 35.5 Å². The van der Waals surface area contributed by atoms with E-state index in [2.05, 4.69) is 34.8 Å². The zero-order valence-corrected chi connectivity index (χ0v) is 9.50. The molecule has 11 heavy (non-hydrogen) atoms. The second kappa shape index (κ2) is 6.16. The fraction of sp³-hybridized carbons (Fsp3) is 1.00. The zero-order chi connectivity index (χ0) is 8.85. The SMILES string of the molecule is CC(I)NCC(O)CN(C)C. The van der Waals surface area contributed by atoms with E-state index in [9.17, 15) is 5.11 Å². The molecule has 0 radical (unpaired) electrons. The van der Waals surface area contributed by atoms with Crippen molar-refractivity contribution in [2.24, 2.45) is 0 Å². The van der Waals surface area contributed by atoms with E-state index < -0.39 is 0 Å². The molecule has 0 aliphatic carbocycles. The van der Waals surface area contributed by atoms with Gasteiger partial charge in [0.2, 0.25) is 0 Å². The highest BCUT2D eigenvalue weighted by Gasteiger charge is 2.05. The monoisotopic (exact) mass is 272 g/mol. The Balaban J connectivity index is 3.29. The summed E-state index contributed by atoms with van der Waals surface area (Å²) in [6.07, 6.45) is -0.262. The van der Waals surface area contributed by atoms with Crippen LogP contribution in [0.3, 0.4) is 0 Å². The number of rotatable bonds is 5. The minimum absolute atomic E-state index is 0.262. The van der Waals surface area contributed by atoms with E-state index in [0.717, 1.165) is 6.54 Å². The smallest absolute Gasteiger partial charge is 0.0791 e. The van der Waals surface area contributed by atoms with Gasteiger partial charge in [-0.2, -0.15) is 0 Å². The van der Waals surface area contributed by atoms with Crippen LogP contribution in [-0.2, 0) is 0 Å². The molecule has 2 N–H and O–H groups in total. The average Bonchev–Trinajstić information content (AvgIpc) is 1.82. The minimum atomic E-state index is -0.262. The molecule has 0 saturated carbocycles. The molecule has 68 valence electrons. The van der Waals surface area contributed by atoms with Gasteiger partial charge in [-0.05, 0) is 21.0 Å². The Morgan fingerprint density at radius 3 is 2.45 bits per heavy atom. The fourth-order valence-electron chi connectivity index (χ4n) is 0.784. The van der Waals surface area contributed by atoms with Crippen molar-refractivity contribution in [3.8, 4) is 0 Å². The molecule has 2 atom stereocenters. The third-order valence-electron chi connectivity index (χ3n) is 1.21. The number of halogens is 1. The Hall–Kier alpha value is 0.610. The number of alkyl halides is 1. The van der Waals surface area contributed by atoms with Gasteiger partial charge in [-0.15, -0.1) is 0 Å². The Morgan fingerprint density at radius 2 is 2.09 bits per heavy atom. The standard InChI is InChI=1S/C7H17IN2O/c1-6(8)9-4-7(11)5-10(2)3/h6-7,9,11H,4-5H2,1-3H3. The van der Waals surface area contributed by atoms with Gasteiger partial charge in [-0.1, -0.05) is 22.6 Å². The molecule has 0 rings (SSSR count). The van der Waals surface area contributed by atoms with E-state index in [4.69, 9.17) is 0 Å². The van der Waals surface area contributed by atoms with Crippen molar-refractivity contribution in [3.05, 3.63) is 0 Å². The summed E-state index contributed by atoms with van der Waals surface area (Å²) in [5.74, 6) is 0. The van der Waals surface area contributed by atoms with Crippen molar-refractivity contribution in [1.29, 1.82) is 0 Å². The predicted molar refractivity (Wildman–Crippen MR) is 56.0 cm³/mol. The average molecular weight is 272 g/mol. The Labute approximate surface area is 82.3 Å². The number of aliphatic hydroxyl groups is 1. The van der Waals surface area contributed by atoms with Crippen molar-refractivity contribution < 1.29 is 5.11 Å². The van der Waals surface area contributed by atoms with Gasteiger partial charge in [-0.3, -0.25) is 0 Å². The van der Waals surface area contributed by atoms with Gasteiger partial charge >= 0.3 is 0 Å². The van der Waals surface area contributed by atoms with Gasteiger partial charge in [0.15, 0.2) is 0 Å². The second-order valence-corrected chi connectivity index (χ2v) is 4.81. The number of nitrogens with one attached hydrogen (secondary N) is 1. The Morgan fingerprint density at radius 1 is 1.55 bits per heavy atom. The molecule has 0 amide bonds. The van der Waals surface area contributed by atoms with Gasteiger partial charge < -0.3 is 15.3 Å². The first-order chi connectivity index (χ1) is 5.02. The summed E-state index contributed by atoms with van der Waals surface area (Å²) in [5, 5.41) is 12.5. The third kappa shape index (κ3) is 8.52. The molecule has 0 aromatic carbocycles. The molecular weight excluding hydrogens is 255 g/mol. The van der Waals surface area contributed by atoms with Crippen LogP contribution in [0.1, 0.15) is 6.92 Å². The van der Waals surface area contributed by atoms with Crippen molar-refractivity contribution in [3.63, 3.8) is 0 Å². The van der Waals surface area contributed by atoms with Gasteiger partial charge in [-0.25, -0.2) is 0 Å². The summed E-state index contributed by atoms with van der Waals surface area (Å²) >= 11 is 2.27. The van der Waals surface area contributed by atoms with E-state index in [1.165, 1.54) is 0 Å². The van der Waals surface area contributed by atoms with Gasteiger partial charge in [0.25, 0.3) is 0 Å². The van der Waals surface area contributed by atoms with Crippen LogP contribution in [-0.4, -0.2) is 47.3 Å². The molecule has 0 saturated heterocycles. The first-order valence-electron chi connectivity index (χ1n) is 3.72. The van der Waals surface area contributed by atoms with Crippen molar-refractivity contribution in [1.82, 2.24) is 10.2 Å². The predicted octanol–water partition coefficient (Wildman–Crippen LogP) is 0.279. The summed E-state index contributed by atoms with van der Waals surface area (Å²) in [5.41, 5.74) is 0. The maximum absolute atomic E-state index is 9.36. The second-order valence-electron chi connectivity index (χ2n) is 2.94. The normalized spacial score (nSPS) is 16.9. The summed E-state index contributed by atoms with van der Waals surface area (Å²) in [6.45, 7) is 3.45. The molecule has 0 aromatic heterocycles. The maximum atomic E-state index is 9.36. The van der Waals surface area contributed by atoms with E-state index in [1.807, 2.05) is 19.0 Å². The Kier molecular flexibility index (Phi) is 6.50. The fourth-order valence-corrected chi connectivity index (χ4v) is 1.04. The quantitative estimate of drug-likeness (QED) is 0.429. The van der Waals surface area contributed by atoms with E-state index in [-0.39, 0.29) is 6.10 Å². The molecule has 0 aliphatic heterocycles. The van der Waals surface area contributed by atoms with Crippen molar-refractivity contribution in [2.75, 3.05) is 27.2 Å². The molecule has 0 bridgehead atoms. The lowest BCUT2D eigenvalue weighted by Gasteiger charge is -2.17. The summed E-state index contributed by atoms with van der Waals surface area (Å²) < 4.78 is 0.421. The molecule has 0 aliphatic rings. The van der Waals surface area contributed by atoms with E-state index in [0.29, 0.717) is 10.6 Å². The molecule has 3 nitrogen and oxygen atoms in total. The van der Waals surface area contributed by atoms with Gasteiger partial charge in [0.1, 0.15) is 0 Å². The van der Waals surface area contributed by atoms with Crippen LogP contribution in [0.2, 0.25) is 0 Å². The largest absolute Gasteiger partial charge is 0.390 e. The van der Waals surface area contributed by atoms with Crippen LogP contribution in [0.25, 0.3) is 0 Å². The lowest BCUT2D eigenvalue weighted by molar-refractivity contribution is 0.135. The van der Waals surface area contributed by atoms with Gasteiger partial charge in [0, 0.05) is 13.1 Å². The molecular formula is C7H17IN2O. The van der Waals surface area contributed by atoms with Crippen LogP contribution in [0.15, 0.2) is 0 Å². The highest BCUT2D eigenvalue weighted by Crippen LogP contribution is 1.93. The lowest BCUT2D eigenvalue weighted by Crippen LogP contribution is -2.36. The highest BCUT2D eigenvalue weighted by atomic mass is 127. The van der Waals surface area contributed by atoms with Crippen LogP contribution < -0.4 is 5.32 Å². The number of hydrogen-bond acceptors (Lipinski definition) is 3. The van der Waals surface area contributed by atoms with Crippen LogP contribution >= 0.6 is 22.6 Å². The summed E-state index contributed by atoms with van der Waals surface area (Å²) in [4.78, 5) is 1.98. The van der Waals surface area contributed by atoms with Crippen LogP contribution in [0, 0.1) is 0 Å².